The lowest BCUT2D eigenvalue weighted by Crippen LogP contribution is -2.50. The Morgan fingerprint density at radius 1 is 1.12 bits per heavy atom. The maximum absolute atomic E-state index is 13.0. The molecule has 0 unspecified atom stereocenters. The zero-order chi connectivity index (χ0) is 24.1. The van der Waals surface area contributed by atoms with Crippen molar-refractivity contribution in [2.75, 3.05) is 45.3 Å². The molecule has 1 atom stereocenters. The van der Waals surface area contributed by atoms with Gasteiger partial charge in [0, 0.05) is 50.8 Å². The molecule has 1 aromatic heterocycles. The van der Waals surface area contributed by atoms with Crippen molar-refractivity contribution in [1.82, 2.24) is 15.2 Å². The minimum atomic E-state index is -0.429. The van der Waals surface area contributed by atoms with Crippen LogP contribution in [0.25, 0.3) is 0 Å². The van der Waals surface area contributed by atoms with E-state index in [9.17, 15) is 9.59 Å². The third kappa shape index (κ3) is 5.55. The van der Waals surface area contributed by atoms with Crippen LogP contribution in [-0.4, -0.2) is 67.6 Å². The predicted octanol–water partition coefficient (Wildman–Crippen LogP) is 3.07. The van der Waals surface area contributed by atoms with Gasteiger partial charge in [-0.2, -0.15) is 0 Å². The van der Waals surface area contributed by atoms with Crippen molar-refractivity contribution in [2.45, 2.75) is 37.6 Å². The molecule has 4 rings (SSSR count). The monoisotopic (exact) mass is 486 g/mol. The molecule has 2 aromatic rings. The molecule has 0 aliphatic carbocycles. The number of pyridine rings is 1. The molecule has 8 nitrogen and oxygen atoms in total. The summed E-state index contributed by atoms with van der Waals surface area (Å²) in [6.45, 7) is 2.76. The second-order valence-corrected chi connectivity index (χ2v) is 9.33. The van der Waals surface area contributed by atoms with Gasteiger partial charge in [-0.05, 0) is 49.1 Å². The van der Waals surface area contributed by atoms with E-state index in [1.807, 2.05) is 35.2 Å². The number of hydrogen-bond acceptors (Lipinski definition) is 6. The fourth-order valence-corrected chi connectivity index (χ4v) is 4.92. The summed E-state index contributed by atoms with van der Waals surface area (Å²) in [7, 11) is 3.21. The van der Waals surface area contributed by atoms with Gasteiger partial charge in [0.25, 0.3) is 0 Å². The minimum Gasteiger partial charge on any atom is -0.493 e. The summed E-state index contributed by atoms with van der Waals surface area (Å²) < 4.78 is 10.8. The Labute approximate surface area is 205 Å². The summed E-state index contributed by atoms with van der Waals surface area (Å²) in [4.78, 5) is 33.6. The van der Waals surface area contributed by atoms with E-state index >= 15 is 0 Å². The van der Waals surface area contributed by atoms with E-state index in [0.29, 0.717) is 61.7 Å². The van der Waals surface area contributed by atoms with Crippen LogP contribution < -0.4 is 19.7 Å². The largest absolute Gasteiger partial charge is 0.493 e. The molecule has 9 heteroatoms. The van der Waals surface area contributed by atoms with E-state index in [1.54, 1.807) is 20.4 Å². The Morgan fingerprint density at radius 3 is 2.50 bits per heavy atom. The number of hydrogen-bond donors (Lipinski definition) is 1. The number of carbonyl (C=O) groups excluding carboxylic acids is 2. The second-order valence-electron chi connectivity index (χ2n) is 8.90. The topological polar surface area (TPSA) is 84.0 Å². The van der Waals surface area contributed by atoms with Gasteiger partial charge in [-0.3, -0.25) is 9.59 Å². The maximum Gasteiger partial charge on any atom is 0.222 e. The molecule has 0 spiro atoms. The molecule has 0 bridgehead atoms. The van der Waals surface area contributed by atoms with Crippen LogP contribution >= 0.6 is 11.6 Å². The van der Waals surface area contributed by atoms with Crippen molar-refractivity contribution in [2.24, 2.45) is 0 Å². The van der Waals surface area contributed by atoms with Gasteiger partial charge in [0.05, 0.1) is 19.2 Å². The number of aromatic nitrogens is 1. The molecule has 2 aliphatic heterocycles. The van der Waals surface area contributed by atoms with Gasteiger partial charge in [0.1, 0.15) is 5.82 Å². The smallest absolute Gasteiger partial charge is 0.222 e. The number of ether oxygens (including phenoxy) is 2. The zero-order valence-corrected chi connectivity index (χ0v) is 20.4. The van der Waals surface area contributed by atoms with E-state index in [0.717, 1.165) is 24.5 Å². The number of anilines is 1. The van der Waals surface area contributed by atoms with Gasteiger partial charge in [-0.15, -0.1) is 0 Å². The molecule has 182 valence electrons. The van der Waals surface area contributed by atoms with Crippen molar-refractivity contribution in [3.63, 3.8) is 0 Å². The molecule has 0 radical (unpaired) electrons. The summed E-state index contributed by atoms with van der Waals surface area (Å²) in [5, 5.41) is 3.77. The summed E-state index contributed by atoms with van der Waals surface area (Å²) in [5.41, 5.74) is 0.609. The van der Waals surface area contributed by atoms with Crippen molar-refractivity contribution in [1.29, 1.82) is 0 Å². The SMILES string of the molecule is COc1ccc(C[C@]2(CCC(=O)N3CCN(c4ccc(Cl)cn4)CC3)CCC(=O)N2)cc1OC. The van der Waals surface area contributed by atoms with Crippen LogP contribution in [0.5, 0.6) is 11.5 Å². The Kier molecular flexibility index (Phi) is 7.46. The highest BCUT2D eigenvalue weighted by Crippen LogP contribution is 2.34. The first-order chi connectivity index (χ1) is 16.4. The summed E-state index contributed by atoms with van der Waals surface area (Å²) in [5.74, 6) is 2.36. The highest BCUT2D eigenvalue weighted by Gasteiger charge is 2.38. The van der Waals surface area contributed by atoms with E-state index in [4.69, 9.17) is 21.1 Å². The number of nitrogens with zero attached hydrogens (tertiary/aromatic N) is 3. The summed E-state index contributed by atoms with van der Waals surface area (Å²) >= 11 is 5.93. The maximum atomic E-state index is 13.0. The first kappa shape index (κ1) is 24.1. The van der Waals surface area contributed by atoms with Gasteiger partial charge in [0.15, 0.2) is 11.5 Å². The standard InChI is InChI=1S/C25H31ClN4O4/c1-33-20-5-3-18(15-21(20)34-2)16-25(9-7-23(31)28-25)10-8-24(32)30-13-11-29(12-14-30)22-6-4-19(26)17-27-22/h3-6,15,17H,7-14,16H2,1-2H3,(H,28,31)/t25-/m1/s1. The highest BCUT2D eigenvalue weighted by atomic mass is 35.5. The summed E-state index contributed by atoms with van der Waals surface area (Å²) in [6, 6.07) is 9.53. The van der Waals surface area contributed by atoms with Gasteiger partial charge in [-0.25, -0.2) is 4.98 Å². The number of amides is 2. The first-order valence-electron chi connectivity index (χ1n) is 11.6. The van der Waals surface area contributed by atoms with E-state index in [-0.39, 0.29) is 11.8 Å². The molecule has 1 aromatic carbocycles. The molecule has 34 heavy (non-hydrogen) atoms. The van der Waals surface area contributed by atoms with Crippen LogP contribution in [0, 0.1) is 0 Å². The van der Waals surface area contributed by atoms with Gasteiger partial charge in [0.2, 0.25) is 11.8 Å². The van der Waals surface area contributed by atoms with Crippen LogP contribution in [0.1, 0.15) is 31.2 Å². The summed E-state index contributed by atoms with van der Waals surface area (Å²) in [6.07, 6.45) is 4.47. The van der Waals surface area contributed by atoms with Crippen molar-refractivity contribution < 1.29 is 19.1 Å². The average molecular weight is 487 g/mol. The lowest BCUT2D eigenvalue weighted by atomic mass is 9.84. The molecule has 2 saturated heterocycles. The number of nitrogens with one attached hydrogen (secondary N) is 1. The number of benzene rings is 1. The molecule has 2 amide bonds. The molecule has 1 N–H and O–H groups in total. The minimum absolute atomic E-state index is 0.0389. The third-order valence-electron chi connectivity index (χ3n) is 6.71. The highest BCUT2D eigenvalue weighted by molar-refractivity contribution is 6.30. The van der Waals surface area contributed by atoms with Gasteiger partial charge in [-0.1, -0.05) is 17.7 Å². The van der Waals surface area contributed by atoms with Crippen LogP contribution in [0.2, 0.25) is 5.02 Å². The Bertz CT molecular complexity index is 1020. The Balaban J connectivity index is 1.36. The van der Waals surface area contributed by atoms with Crippen LogP contribution in [0.15, 0.2) is 36.5 Å². The van der Waals surface area contributed by atoms with Crippen molar-refractivity contribution >= 4 is 29.2 Å². The predicted molar refractivity (Wildman–Crippen MR) is 131 cm³/mol. The van der Waals surface area contributed by atoms with Gasteiger partial charge >= 0.3 is 0 Å². The first-order valence-corrected chi connectivity index (χ1v) is 12.0. The molecule has 3 heterocycles. The fraction of sp³-hybridized carbons (Fsp3) is 0.480. The van der Waals surface area contributed by atoms with Crippen molar-refractivity contribution in [3.05, 3.63) is 47.1 Å². The number of carbonyl (C=O) groups is 2. The van der Waals surface area contributed by atoms with E-state index in [2.05, 4.69) is 15.2 Å². The average Bonchev–Trinajstić information content (AvgIpc) is 3.23. The third-order valence-corrected chi connectivity index (χ3v) is 6.93. The fourth-order valence-electron chi connectivity index (χ4n) is 4.81. The van der Waals surface area contributed by atoms with Crippen LogP contribution in [0.4, 0.5) is 5.82 Å². The number of piperazine rings is 1. The zero-order valence-electron chi connectivity index (χ0n) is 19.7. The lowest BCUT2D eigenvalue weighted by Gasteiger charge is -2.36. The van der Waals surface area contributed by atoms with Gasteiger partial charge < -0.3 is 24.6 Å². The van der Waals surface area contributed by atoms with E-state index < -0.39 is 5.54 Å². The Morgan fingerprint density at radius 2 is 1.88 bits per heavy atom. The molecule has 2 aliphatic rings. The van der Waals surface area contributed by atoms with E-state index in [1.165, 1.54) is 0 Å². The molecule has 2 fully saturated rings. The molecule has 0 saturated carbocycles. The Hall–Kier alpha value is -3.00. The normalized spacial score (nSPS) is 20.3. The number of methoxy groups -OCH3 is 2. The second kappa shape index (κ2) is 10.5. The quantitative estimate of drug-likeness (QED) is 0.617. The number of halogens is 1. The lowest BCUT2D eigenvalue weighted by molar-refractivity contribution is -0.132. The van der Waals surface area contributed by atoms with Crippen LogP contribution in [0.3, 0.4) is 0 Å². The molecular formula is C25H31ClN4O4. The molecular weight excluding hydrogens is 456 g/mol. The van der Waals surface area contributed by atoms with Crippen molar-refractivity contribution in [3.8, 4) is 11.5 Å². The van der Waals surface area contributed by atoms with Crippen LogP contribution in [-0.2, 0) is 16.0 Å². The number of rotatable bonds is 8.